The molecule has 0 spiro atoms. The van der Waals surface area contributed by atoms with Crippen molar-refractivity contribution in [1.29, 1.82) is 5.26 Å². The van der Waals surface area contributed by atoms with Gasteiger partial charge in [0.05, 0.1) is 16.2 Å². The minimum absolute atomic E-state index is 0.0317. The predicted octanol–water partition coefficient (Wildman–Crippen LogP) is 3.20. The molecule has 1 N–H and O–H groups in total. The van der Waals surface area contributed by atoms with Gasteiger partial charge in [-0.3, -0.25) is 19.6 Å². The third kappa shape index (κ3) is 4.05. The number of carbonyl (C=O) groups is 1. The lowest BCUT2D eigenvalue weighted by Crippen LogP contribution is -2.21. The third-order valence-electron chi connectivity index (χ3n) is 4.00. The first kappa shape index (κ1) is 18.4. The number of rotatable bonds is 5. The number of benzene rings is 1. The summed E-state index contributed by atoms with van der Waals surface area (Å²) in [5.74, 6) is -0.755. The van der Waals surface area contributed by atoms with Crippen molar-refractivity contribution in [1.82, 2.24) is 9.78 Å². The lowest BCUT2D eigenvalue weighted by Gasteiger charge is -2.09. The number of hydrogen-bond donors (Lipinski definition) is 1. The van der Waals surface area contributed by atoms with Crippen molar-refractivity contribution in [2.24, 2.45) is 0 Å². The van der Waals surface area contributed by atoms with Crippen LogP contribution in [0.1, 0.15) is 35.7 Å². The first-order chi connectivity index (χ1) is 12.7. The van der Waals surface area contributed by atoms with Crippen molar-refractivity contribution in [2.75, 3.05) is 5.32 Å². The molecule has 1 heterocycles. The van der Waals surface area contributed by atoms with E-state index in [1.54, 1.807) is 6.07 Å². The summed E-state index contributed by atoms with van der Waals surface area (Å²) in [5.41, 5.74) is -1.14. The van der Waals surface area contributed by atoms with Crippen molar-refractivity contribution in [2.45, 2.75) is 31.5 Å². The summed E-state index contributed by atoms with van der Waals surface area (Å²) in [6, 6.07) is 5.98. The van der Waals surface area contributed by atoms with Gasteiger partial charge in [-0.05, 0) is 25.0 Å². The molecule has 3 rings (SSSR count). The summed E-state index contributed by atoms with van der Waals surface area (Å²) in [7, 11) is 0. The monoisotopic (exact) mass is 379 g/mol. The van der Waals surface area contributed by atoms with Gasteiger partial charge in [0.1, 0.15) is 12.6 Å². The van der Waals surface area contributed by atoms with Crippen LogP contribution in [0, 0.1) is 21.4 Å². The van der Waals surface area contributed by atoms with Crippen LogP contribution >= 0.6 is 0 Å². The number of non-ortho nitro benzene ring substituents is 1. The molecule has 11 heteroatoms. The van der Waals surface area contributed by atoms with Gasteiger partial charge in [0, 0.05) is 23.7 Å². The minimum atomic E-state index is -4.61. The van der Waals surface area contributed by atoms with Gasteiger partial charge in [-0.25, -0.2) is 0 Å². The minimum Gasteiger partial charge on any atom is -0.323 e. The molecule has 0 unspecified atom stereocenters. The first-order valence-electron chi connectivity index (χ1n) is 7.82. The summed E-state index contributed by atoms with van der Waals surface area (Å²) >= 11 is 0. The number of nitriles is 1. The summed E-state index contributed by atoms with van der Waals surface area (Å²) < 4.78 is 39.7. The maximum absolute atomic E-state index is 12.9. The molecule has 1 amide bonds. The van der Waals surface area contributed by atoms with E-state index in [4.69, 9.17) is 5.26 Å². The molecule has 140 valence electrons. The lowest BCUT2D eigenvalue weighted by molar-refractivity contribution is -0.384. The predicted molar refractivity (Wildman–Crippen MR) is 85.6 cm³/mol. The number of carbonyl (C=O) groups excluding carboxylic acids is 1. The zero-order chi connectivity index (χ0) is 19.8. The van der Waals surface area contributed by atoms with Crippen molar-refractivity contribution in [3.05, 3.63) is 51.3 Å². The van der Waals surface area contributed by atoms with E-state index in [1.807, 2.05) is 0 Å². The number of alkyl halides is 3. The maximum Gasteiger partial charge on any atom is 0.435 e. The molecule has 1 fully saturated rings. The number of nitro benzene ring substituents is 1. The van der Waals surface area contributed by atoms with Crippen molar-refractivity contribution in [3.8, 4) is 6.07 Å². The Morgan fingerprint density at radius 3 is 2.67 bits per heavy atom. The van der Waals surface area contributed by atoms with E-state index in [2.05, 4.69) is 10.4 Å². The van der Waals surface area contributed by atoms with E-state index < -0.39 is 29.2 Å². The largest absolute Gasteiger partial charge is 0.435 e. The Labute approximate surface area is 150 Å². The molecule has 2 aromatic rings. The maximum atomic E-state index is 12.9. The Morgan fingerprint density at radius 1 is 1.41 bits per heavy atom. The standard InChI is InChI=1S/C16H12F3N5O3/c17-16(18,19)14-6-13(9-1-2-9)23(22-14)8-15(25)21-12-4-3-11(24(26)27)5-10(12)7-20/h3-6,9H,1-2,8H2,(H,21,25). The SMILES string of the molecule is N#Cc1cc([N+](=O)[O-])ccc1NC(=O)Cn1nc(C(F)(F)F)cc1C1CC1. The number of nitrogens with zero attached hydrogens (tertiary/aromatic N) is 4. The van der Waals surface area contributed by atoms with Crippen molar-refractivity contribution < 1.29 is 22.9 Å². The average Bonchev–Trinajstić information content (AvgIpc) is 3.34. The average molecular weight is 379 g/mol. The van der Waals surface area contributed by atoms with E-state index in [0.717, 1.165) is 35.7 Å². The van der Waals surface area contributed by atoms with Crippen molar-refractivity contribution >= 4 is 17.3 Å². The number of amides is 1. The number of anilines is 1. The van der Waals surface area contributed by atoms with Crippen LogP contribution in [0.5, 0.6) is 0 Å². The summed E-state index contributed by atoms with van der Waals surface area (Å²) in [5, 5.41) is 25.7. The zero-order valence-electron chi connectivity index (χ0n) is 13.7. The third-order valence-corrected chi connectivity index (χ3v) is 4.00. The smallest absolute Gasteiger partial charge is 0.323 e. The van der Waals surface area contributed by atoms with Crippen LogP contribution < -0.4 is 5.32 Å². The van der Waals surface area contributed by atoms with Gasteiger partial charge in [-0.2, -0.15) is 23.5 Å². The second-order valence-corrected chi connectivity index (χ2v) is 6.03. The Morgan fingerprint density at radius 2 is 2.11 bits per heavy atom. The van der Waals surface area contributed by atoms with Crippen LogP contribution in [0.25, 0.3) is 0 Å². The Kier molecular flexibility index (Phi) is 4.57. The molecule has 1 aromatic carbocycles. The lowest BCUT2D eigenvalue weighted by atomic mass is 10.1. The van der Waals surface area contributed by atoms with Gasteiger partial charge in [-0.15, -0.1) is 0 Å². The number of nitro groups is 1. The molecule has 1 aliphatic carbocycles. The van der Waals surface area contributed by atoms with Gasteiger partial charge >= 0.3 is 6.18 Å². The fourth-order valence-corrected chi connectivity index (χ4v) is 2.58. The molecule has 0 bridgehead atoms. The van der Waals surface area contributed by atoms with Gasteiger partial charge < -0.3 is 5.32 Å². The van der Waals surface area contributed by atoms with E-state index in [9.17, 15) is 28.1 Å². The van der Waals surface area contributed by atoms with E-state index in [0.29, 0.717) is 5.69 Å². The van der Waals surface area contributed by atoms with Gasteiger partial charge in [0.15, 0.2) is 5.69 Å². The van der Waals surface area contributed by atoms with Crippen LogP contribution in [-0.4, -0.2) is 20.6 Å². The highest BCUT2D eigenvalue weighted by Crippen LogP contribution is 2.42. The van der Waals surface area contributed by atoms with Crippen LogP contribution in [0.4, 0.5) is 24.5 Å². The summed E-state index contributed by atoms with van der Waals surface area (Å²) in [6.07, 6.45) is -3.16. The Balaban J connectivity index is 1.80. The topological polar surface area (TPSA) is 114 Å². The fraction of sp³-hybridized carbons (Fsp3) is 0.312. The van der Waals surface area contributed by atoms with Crippen LogP contribution in [0.3, 0.4) is 0 Å². The molecule has 0 atom stereocenters. The normalized spacial score (nSPS) is 13.9. The number of hydrogen-bond acceptors (Lipinski definition) is 5. The van der Waals surface area contributed by atoms with Gasteiger partial charge in [0.25, 0.3) is 5.69 Å². The molecule has 0 radical (unpaired) electrons. The highest BCUT2D eigenvalue weighted by atomic mass is 19.4. The van der Waals surface area contributed by atoms with E-state index in [1.165, 1.54) is 6.07 Å². The van der Waals surface area contributed by atoms with Crippen LogP contribution in [0.2, 0.25) is 0 Å². The molecule has 1 saturated carbocycles. The zero-order valence-corrected chi connectivity index (χ0v) is 13.7. The molecule has 0 aliphatic heterocycles. The highest BCUT2D eigenvalue weighted by molar-refractivity contribution is 5.92. The van der Waals surface area contributed by atoms with Gasteiger partial charge in [0.2, 0.25) is 5.91 Å². The van der Waals surface area contributed by atoms with E-state index in [-0.39, 0.29) is 22.9 Å². The quantitative estimate of drug-likeness (QED) is 0.633. The van der Waals surface area contributed by atoms with Gasteiger partial charge in [-0.1, -0.05) is 0 Å². The van der Waals surface area contributed by atoms with Crippen LogP contribution in [0.15, 0.2) is 24.3 Å². The fourth-order valence-electron chi connectivity index (χ4n) is 2.58. The Hall–Kier alpha value is -3.42. The second kappa shape index (κ2) is 6.71. The molecule has 27 heavy (non-hydrogen) atoms. The Bertz CT molecular complexity index is 957. The highest BCUT2D eigenvalue weighted by Gasteiger charge is 2.38. The molecule has 1 aliphatic rings. The molecular formula is C16H12F3N5O3. The van der Waals surface area contributed by atoms with Crippen molar-refractivity contribution in [3.63, 3.8) is 0 Å². The molecule has 1 aromatic heterocycles. The first-order valence-corrected chi connectivity index (χ1v) is 7.82. The molecule has 8 nitrogen and oxygen atoms in total. The summed E-state index contributed by atoms with van der Waals surface area (Å²) in [4.78, 5) is 22.3. The number of halogens is 3. The number of aromatic nitrogens is 2. The molecular weight excluding hydrogens is 367 g/mol. The molecule has 0 saturated heterocycles. The van der Waals surface area contributed by atoms with E-state index >= 15 is 0 Å². The number of nitrogens with one attached hydrogen (secondary N) is 1. The van der Waals surface area contributed by atoms with Crippen LogP contribution in [-0.2, 0) is 17.5 Å². The summed E-state index contributed by atoms with van der Waals surface area (Å²) in [6.45, 7) is -0.468. The second-order valence-electron chi connectivity index (χ2n) is 6.03.